The molecule has 56 valence electrons. The number of nitrogens with one attached hydrogen (secondary N) is 1. The number of amides is 1. The number of carbonyl (C=O) groups is 1. The molecule has 0 spiro atoms. The van der Waals surface area contributed by atoms with Crippen LogP contribution >= 0.6 is 22.6 Å². The van der Waals surface area contributed by atoms with Gasteiger partial charge in [0.05, 0.1) is 0 Å². The minimum atomic E-state index is -0.0631. The molecule has 1 N–H and O–H groups in total. The van der Waals surface area contributed by atoms with Crippen LogP contribution in [0.2, 0.25) is 0 Å². The van der Waals surface area contributed by atoms with Crippen LogP contribution in [-0.4, -0.2) is 12.5 Å². The molecule has 0 radical (unpaired) electrons. The lowest BCUT2D eigenvalue weighted by molar-refractivity contribution is -0.116. The van der Waals surface area contributed by atoms with E-state index in [9.17, 15) is 4.79 Å². The summed E-state index contributed by atoms with van der Waals surface area (Å²) in [5.74, 6) is -0.0631. The minimum absolute atomic E-state index is 0.0631. The second kappa shape index (κ2) is 5.46. The highest BCUT2D eigenvalue weighted by molar-refractivity contribution is 14.1. The molecule has 0 aromatic rings. The Bertz CT molecular complexity index is 159. The highest BCUT2D eigenvalue weighted by Gasteiger charge is 1.91. The summed E-state index contributed by atoms with van der Waals surface area (Å²) >= 11 is 2.08. The normalized spacial score (nSPS) is 10.8. The van der Waals surface area contributed by atoms with Crippen LogP contribution < -0.4 is 5.32 Å². The average molecular weight is 251 g/mol. The Balaban J connectivity index is 3.64. The van der Waals surface area contributed by atoms with Crippen LogP contribution in [-0.2, 0) is 4.79 Å². The van der Waals surface area contributed by atoms with Crippen molar-refractivity contribution in [3.63, 3.8) is 0 Å². The molecule has 0 saturated carbocycles. The van der Waals surface area contributed by atoms with Crippen LogP contribution in [0.4, 0.5) is 0 Å². The predicted molar refractivity (Wildman–Crippen MR) is 51.0 cm³/mol. The maximum absolute atomic E-state index is 10.8. The number of allylic oxidation sites excluding steroid dienone is 1. The van der Waals surface area contributed by atoms with Crippen LogP contribution in [0.5, 0.6) is 0 Å². The highest BCUT2D eigenvalue weighted by Crippen LogP contribution is 2.01. The summed E-state index contributed by atoms with van der Waals surface area (Å²) in [6.45, 7) is 5.87. The maximum Gasteiger partial charge on any atom is 0.244 e. The van der Waals surface area contributed by atoms with Gasteiger partial charge in [-0.05, 0) is 33.1 Å². The first-order valence-corrected chi connectivity index (χ1v) is 3.97. The number of hydrogen-bond acceptors (Lipinski definition) is 1. The molecule has 0 fully saturated rings. The van der Waals surface area contributed by atoms with E-state index in [4.69, 9.17) is 0 Å². The molecular weight excluding hydrogens is 241 g/mol. The van der Waals surface area contributed by atoms with Crippen molar-refractivity contribution in [2.75, 3.05) is 6.54 Å². The van der Waals surface area contributed by atoms with E-state index in [0.717, 1.165) is 3.58 Å². The highest BCUT2D eigenvalue weighted by atomic mass is 127. The third-order valence-electron chi connectivity index (χ3n) is 0.751. The first-order chi connectivity index (χ1) is 4.66. The number of rotatable bonds is 3. The lowest BCUT2D eigenvalue weighted by atomic mass is 10.5. The second-order valence-electron chi connectivity index (χ2n) is 1.76. The third kappa shape index (κ3) is 5.81. The molecule has 0 aromatic carbocycles. The number of halogens is 1. The molecule has 0 atom stereocenters. The predicted octanol–water partition coefficient (Wildman–Crippen LogP) is 1.63. The molecular formula is C7H10INO. The lowest BCUT2D eigenvalue weighted by Crippen LogP contribution is -2.20. The topological polar surface area (TPSA) is 29.1 Å². The van der Waals surface area contributed by atoms with Crippen LogP contribution in [0.15, 0.2) is 22.3 Å². The van der Waals surface area contributed by atoms with Crippen molar-refractivity contribution in [3.05, 3.63) is 22.3 Å². The molecule has 0 aliphatic rings. The van der Waals surface area contributed by atoms with Crippen molar-refractivity contribution in [3.8, 4) is 0 Å². The summed E-state index contributed by atoms with van der Waals surface area (Å²) in [5, 5.41) is 2.63. The van der Waals surface area contributed by atoms with E-state index in [1.54, 1.807) is 12.2 Å². The van der Waals surface area contributed by atoms with E-state index in [-0.39, 0.29) is 5.91 Å². The average Bonchev–Trinajstić information content (AvgIpc) is 1.82. The van der Waals surface area contributed by atoms with Gasteiger partial charge in [-0.1, -0.05) is 6.08 Å². The molecule has 0 bridgehead atoms. The molecule has 0 aliphatic heterocycles. The Labute approximate surface area is 74.5 Å². The smallest absolute Gasteiger partial charge is 0.244 e. The van der Waals surface area contributed by atoms with Gasteiger partial charge in [-0.2, -0.15) is 0 Å². The Morgan fingerprint density at radius 2 is 2.40 bits per heavy atom. The van der Waals surface area contributed by atoms with E-state index in [1.165, 1.54) is 0 Å². The largest absolute Gasteiger partial charge is 0.349 e. The van der Waals surface area contributed by atoms with Crippen LogP contribution in [0.25, 0.3) is 0 Å². The van der Waals surface area contributed by atoms with Gasteiger partial charge < -0.3 is 5.32 Å². The molecule has 0 saturated heterocycles. The number of hydrogen-bond donors (Lipinski definition) is 1. The van der Waals surface area contributed by atoms with Crippen molar-refractivity contribution in [1.29, 1.82) is 0 Å². The molecule has 0 heterocycles. The third-order valence-corrected chi connectivity index (χ3v) is 1.06. The van der Waals surface area contributed by atoms with Crippen LogP contribution in [0.1, 0.15) is 6.92 Å². The fraction of sp³-hybridized carbons (Fsp3) is 0.286. The van der Waals surface area contributed by atoms with Crippen molar-refractivity contribution in [2.45, 2.75) is 6.92 Å². The van der Waals surface area contributed by atoms with E-state index >= 15 is 0 Å². The van der Waals surface area contributed by atoms with Crippen molar-refractivity contribution in [2.24, 2.45) is 0 Å². The zero-order valence-corrected chi connectivity index (χ0v) is 8.01. The molecule has 10 heavy (non-hydrogen) atoms. The molecule has 3 heteroatoms. The number of carbonyl (C=O) groups excluding carboxylic acids is 1. The summed E-state index contributed by atoms with van der Waals surface area (Å²) in [7, 11) is 0. The standard InChI is InChI=1S/C7H10INO/c1-3-4-9-7(10)5-6(2)8/h3,5H,1,4H2,2H3,(H,9,10)/b6-5-. The van der Waals surface area contributed by atoms with Crippen molar-refractivity contribution in [1.82, 2.24) is 5.32 Å². The van der Waals surface area contributed by atoms with Gasteiger partial charge in [0, 0.05) is 12.6 Å². The quantitative estimate of drug-likeness (QED) is 0.461. The first-order valence-electron chi connectivity index (χ1n) is 2.89. The van der Waals surface area contributed by atoms with Gasteiger partial charge >= 0.3 is 0 Å². The summed E-state index contributed by atoms with van der Waals surface area (Å²) in [6, 6.07) is 0. The van der Waals surface area contributed by atoms with Gasteiger partial charge in [0.15, 0.2) is 0 Å². The van der Waals surface area contributed by atoms with Gasteiger partial charge in [-0.15, -0.1) is 6.58 Å². The molecule has 0 rings (SSSR count). The Morgan fingerprint density at radius 1 is 1.80 bits per heavy atom. The minimum Gasteiger partial charge on any atom is -0.349 e. The zero-order chi connectivity index (χ0) is 7.98. The summed E-state index contributed by atoms with van der Waals surface area (Å²) in [4.78, 5) is 10.8. The van der Waals surface area contributed by atoms with E-state index in [1.807, 2.05) is 6.92 Å². The zero-order valence-electron chi connectivity index (χ0n) is 5.86. The van der Waals surface area contributed by atoms with E-state index in [2.05, 4.69) is 34.5 Å². The fourth-order valence-electron chi connectivity index (χ4n) is 0.404. The van der Waals surface area contributed by atoms with Crippen LogP contribution in [0, 0.1) is 0 Å². The summed E-state index contributed by atoms with van der Waals surface area (Å²) in [5.41, 5.74) is 0. The van der Waals surface area contributed by atoms with E-state index < -0.39 is 0 Å². The Kier molecular flexibility index (Phi) is 5.29. The van der Waals surface area contributed by atoms with Gasteiger partial charge in [0.2, 0.25) is 5.91 Å². The maximum atomic E-state index is 10.8. The van der Waals surface area contributed by atoms with E-state index in [0.29, 0.717) is 6.54 Å². The fourth-order valence-corrected chi connectivity index (χ4v) is 0.687. The molecule has 2 nitrogen and oxygen atoms in total. The van der Waals surface area contributed by atoms with Crippen molar-refractivity contribution < 1.29 is 4.79 Å². The molecule has 0 unspecified atom stereocenters. The summed E-state index contributed by atoms with van der Waals surface area (Å²) in [6.07, 6.45) is 3.19. The van der Waals surface area contributed by atoms with Crippen molar-refractivity contribution >= 4 is 28.5 Å². The van der Waals surface area contributed by atoms with Gasteiger partial charge in [-0.3, -0.25) is 4.79 Å². The molecule has 0 aliphatic carbocycles. The van der Waals surface area contributed by atoms with Gasteiger partial charge in [-0.25, -0.2) is 0 Å². The molecule has 1 amide bonds. The van der Waals surface area contributed by atoms with Crippen LogP contribution in [0.3, 0.4) is 0 Å². The first kappa shape index (κ1) is 9.68. The Hall–Kier alpha value is -0.320. The van der Waals surface area contributed by atoms with Gasteiger partial charge in [0.1, 0.15) is 0 Å². The lowest BCUT2D eigenvalue weighted by Gasteiger charge is -1.94. The molecule has 0 aromatic heterocycles. The SMILES string of the molecule is C=CCNC(=O)/C=C(/C)I. The second-order valence-corrected chi connectivity index (χ2v) is 3.47. The monoisotopic (exact) mass is 251 g/mol. The Morgan fingerprint density at radius 3 is 2.80 bits per heavy atom. The summed E-state index contributed by atoms with van der Waals surface area (Å²) < 4.78 is 0.971. The van der Waals surface area contributed by atoms with Gasteiger partial charge in [0.25, 0.3) is 0 Å².